The lowest BCUT2D eigenvalue weighted by Crippen LogP contribution is -2.06. The first-order valence-corrected chi connectivity index (χ1v) is 8.95. The molecule has 0 aliphatic rings. The van der Waals surface area contributed by atoms with Crippen molar-refractivity contribution < 1.29 is 9.53 Å². The predicted octanol–water partition coefficient (Wildman–Crippen LogP) is 5.21. The van der Waals surface area contributed by atoms with Crippen LogP contribution >= 0.6 is 11.8 Å². The summed E-state index contributed by atoms with van der Waals surface area (Å²) in [6.07, 6.45) is 0. The molecule has 2 aromatic rings. The molecule has 0 aromatic heterocycles. The fourth-order valence-electron chi connectivity index (χ4n) is 2.24. The molecule has 0 heterocycles. The third-order valence-electron chi connectivity index (χ3n) is 3.69. The Labute approximate surface area is 143 Å². The lowest BCUT2D eigenvalue weighted by Gasteiger charge is -2.12. The molecule has 0 unspecified atom stereocenters. The molecule has 2 rings (SSSR count). The van der Waals surface area contributed by atoms with Crippen molar-refractivity contribution in [3.05, 3.63) is 64.7 Å². The summed E-state index contributed by atoms with van der Waals surface area (Å²) in [7, 11) is 0. The van der Waals surface area contributed by atoms with Crippen molar-refractivity contribution in [1.29, 1.82) is 0 Å². The van der Waals surface area contributed by atoms with Gasteiger partial charge in [0.25, 0.3) is 0 Å². The van der Waals surface area contributed by atoms with Gasteiger partial charge in [-0.1, -0.05) is 38.1 Å². The van der Waals surface area contributed by atoms with Crippen LogP contribution in [0, 0.1) is 13.8 Å². The number of hydrogen-bond acceptors (Lipinski definition) is 3. The average molecular weight is 328 g/mol. The number of carbonyl (C=O) groups is 1. The third-order valence-corrected chi connectivity index (χ3v) is 4.78. The number of hydrogen-bond donors (Lipinski definition) is 0. The van der Waals surface area contributed by atoms with Crippen LogP contribution in [0.25, 0.3) is 0 Å². The predicted molar refractivity (Wildman–Crippen MR) is 98.6 cm³/mol. The molecule has 23 heavy (non-hydrogen) atoms. The van der Waals surface area contributed by atoms with E-state index in [2.05, 4.69) is 32.9 Å². The zero-order chi connectivity index (χ0) is 16.8. The van der Waals surface area contributed by atoms with E-state index >= 15 is 0 Å². The molecular formula is C20H24O2S. The van der Waals surface area contributed by atoms with Gasteiger partial charge in [-0.25, -0.2) is 0 Å². The normalized spacial score (nSPS) is 10.8. The largest absolute Gasteiger partial charge is 0.489 e. The van der Waals surface area contributed by atoms with Crippen molar-refractivity contribution in [2.45, 2.75) is 39.6 Å². The number of thioether (sulfide) groups is 1. The Bertz CT molecular complexity index is 677. The van der Waals surface area contributed by atoms with E-state index in [0.29, 0.717) is 17.6 Å². The smallest absolute Gasteiger partial charge is 0.172 e. The minimum Gasteiger partial charge on any atom is -0.489 e. The van der Waals surface area contributed by atoms with E-state index in [-0.39, 0.29) is 5.78 Å². The molecule has 0 aliphatic heterocycles. The van der Waals surface area contributed by atoms with Crippen molar-refractivity contribution in [3.63, 3.8) is 0 Å². The van der Waals surface area contributed by atoms with E-state index in [1.807, 2.05) is 37.3 Å². The zero-order valence-corrected chi connectivity index (χ0v) is 15.1. The van der Waals surface area contributed by atoms with E-state index < -0.39 is 0 Å². The quantitative estimate of drug-likeness (QED) is 0.653. The first kappa shape index (κ1) is 17.6. The minimum absolute atomic E-state index is 0.178. The van der Waals surface area contributed by atoms with Gasteiger partial charge in [-0.05, 0) is 54.0 Å². The third kappa shape index (κ3) is 5.14. The average Bonchev–Trinajstić information content (AvgIpc) is 2.52. The van der Waals surface area contributed by atoms with Crippen LogP contribution in [0.4, 0.5) is 0 Å². The summed E-state index contributed by atoms with van der Waals surface area (Å²) < 4.78 is 5.92. The number of carbonyl (C=O) groups excluding carboxylic acids is 1. The highest BCUT2D eigenvalue weighted by Crippen LogP contribution is 2.22. The molecule has 2 nitrogen and oxygen atoms in total. The Kier molecular flexibility index (Phi) is 6.28. The van der Waals surface area contributed by atoms with E-state index in [0.717, 1.165) is 16.9 Å². The molecule has 0 N–H and O–H groups in total. The highest BCUT2D eigenvalue weighted by molar-refractivity contribution is 8.00. The summed E-state index contributed by atoms with van der Waals surface area (Å²) in [4.78, 5) is 12.2. The summed E-state index contributed by atoms with van der Waals surface area (Å²) in [5, 5.41) is 0.469. The first-order chi connectivity index (χ1) is 11.0. The van der Waals surface area contributed by atoms with E-state index in [1.54, 1.807) is 11.8 Å². The van der Waals surface area contributed by atoms with Crippen LogP contribution in [-0.2, 0) is 6.61 Å². The Balaban J connectivity index is 2.02. The molecule has 0 bridgehead atoms. The number of Topliss-reactive ketones (excluding diaryl/α,β-unsaturated/α-hetero) is 1. The van der Waals surface area contributed by atoms with Gasteiger partial charge in [0.2, 0.25) is 0 Å². The highest BCUT2D eigenvalue weighted by Gasteiger charge is 2.10. The monoisotopic (exact) mass is 328 g/mol. The molecule has 0 saturated carbocycles. The van der Waals surface area contributed by atoms with Gasteiger partial charge in [-0.3, -0.25) is 4.79 Å². The van der Waals surface area contributed by atoms with Crippen LogP contribution in [-0.4, -0.2) is 16.8 Å². The number of ether oxygens (including phenoxy) is 1. The standard InChI is InChI=1S/C20H24O2S/c1-14(2)23-13-19(21)17-9-10-20(16(4)11-17)22-12-18-8-6-5-7-15(18)3/h5-11,14H,12-13H2,1-4H3. The SMILES string of the molecule is Cc1ccccc1COc1ccc(C(=O)CSC(C)C)cc1C. The van der Waals surface area contributed by atoms with Crippen molar-refractivity contribution >= 4 is 17.5 Å². The molecule has 0 spiro atoms. The lowest BCUT2D eigenvalue weighted by atomic mass is 10.1. The van der Waals surface area contributed by atoms with Crippen molar-refractivity contribution in [3.8, 4) is 5.75 Å². The van der Waals surface area contributed by atoms with Gasteiger partial charge in [0.05, 0.1) is 5.75 Å². The maximum Gasteiger partial charge on any atom is 0.172 e. The van der Waals surface area contributed by atoms with E-state index in [1.165, 1.54) is 11.1 Å². The lowest BCUT2D eigenvalue weighted by molar-refractivity contribution is 0.102. The van der Waals surface area contributed by atoms with E-state index in [4.69, 9.17) is 4.74 Å². The number of rotatable bonds is 7. The second-order valence-corrected chi connectivity index (χ2v) is 7.54. The van der Waals surface area contributed by atoms with Gasteiger partial charge < -0.3 is 4.74 Å². The van der Waals surface area contributed by atoms with Gasteiger partial charge in [-0.15, -0.1) is 0 Å². The highest BCUT2D eigenvalue weighted by atomic mass is 32.2. The van der Waals surface area contributed by atoms with Crippen molar-refractivity contribution in [2.75, 3.05) is 5.75 Å². The Morgan fingerprint density at radius 3 is 2.48 bits per heavy atom. The molecule has 3 heteroatoms. The zero-order valence-electron chi connectivity index (χ0n) is 14.3. The molecule has 0 amide bonds. The molecule has 2 aromatic carbocycles. The molecule has 0 aliphatic carbocycles. The Morgan fingerprint density at radius 1 is 1.09 bits per heavy atom. The topological polar surface area (TPSA) is 26.3 Å². The fraction of sp³-hybridized carbons (Fsp3) is 0.350. The van der Waals surface area contributed by atoms with Crippen molar-refractivity contribution in [1.82, 2.24) is 0 Å². The van der Waals surface area contributed by atoms with Crippen LogP contribution in [0.1, 0.15) is 40.9 Å². The van der Waals surface area contributed by atoms with Crippen LogP contribution in [0.15, 0.2) is 42.5 Å². The van der Waals surface area contributed by atoms with Gasteiger partial charge in [0.15, 0.2) is 5.78 Å². The molecular weight excluding hydrogens is 304 g/mol. The summed E-state index contributed by atoms with van der Waals surface area (Å²) in [6.45, 7) is 8.82. The Hall–Kier alpha value is -1.74. The maximum atomic E-state index is 12.2. The van der Waals surface area contributed by atoms with Crippen molar-refractivity contribution in [2.24, 2.45) is 0 Å². The number of ketones is 1. The van der Waals surface area contributed by atoms with E-state index in [9.17, 15) is 4.79 Å². The maximum absolute atomic E-state index is 12.2. The van der Waals surface area contributed by atoms with Crippen LogP contribution in [0.2, 0.25) is 0 Å². The molecule has 0 radical (unpaired) electrons. The minimum atomic E-state index is 0.178. The van der Waals surface area contributed by atoms with Gasteiger partial charge in [-0.2, -0.15) is 11.8 Å². The first-order valence-electron chi connectivity index (χ1n) is 7.90. The second-order valence-electron chi connectivity index (χ2n) is 5.98. The summed E-state index contributed by atoms with van der Waals surface area (Å²) in [5.41, 5.74) is 4.17. The molecule has 0 fully saturated rings. The van der Waals surface area contributed by atoms with Gasteiger partial charge in [0, 0.05) is 5.56 Å². The van der Waals surface area contributed by atoms with Crippen LogP contribution in [0.5, 0.6) is 5.75 Å². The molecule has 0 atom stereocenters. The molecule has 122 valence electrons. The summed E-state index contributed by atoms with van der Waals surface area (Å²) in [6, 6.07) is 13.9. The number of aryl methyl sites for hydroxylation is 2. The van der Waals surface area contributed by atoms with Gasteiger partial charge in [0.1, 0.15) is 12.4 Å². The molecule has 0 saturated heterocycles. The van der Waals surface area contributed by atoms with Crippen LogP contribution < -0.4 is 4.74 Å². The number of benzene rings is 2. The van der Waals surface area contributed by atoms with Gasteiger partial charge >= 0.3 is 0 Å². The summed E-state index contributed by atoms with van der Waals surface area (Å²) in [5.74, 6) is 1.54. The van der Waals surface area contributed by atoms with Crippen LogP contribution in [0.3, 0.4) is 0 Å². The summed E-state index contributed by atoms with van der Waals surface area (Å²) >= 11 is 1.67. The fourth-order valence-corrected chi connectivity index (χ4v) is 2.89. The second kappa shape index (κ2) is 8.21. The Morgan fingerprint density at radius 2 is 1.83 bits per heavy atom.